The molecule has 1 aromatic heterocycles. The number of benzene rings is 2. The fourth-order valence-corrected chi connectivity index (χ4v) is 3.24. The summed E-state index contributed by atoms with van der Waals surface area (Å²) in [4.78, 5) is 8.52. The number of hydrogen-bond acceptors (Lipinski definition) is 4. The van der Waals surface area contributed by atoms with Crippen molar-refractivity contribution in [1.29, 1.82) is 0 Å². The van der Waals surface area contributed by atoms with Crippen LogP contribution in [0.4, 0.5) is 14.6 Å². The largest absolute Gasteiger partial charge is 0.371 e. The zero-order valence-electron chi connectivity index (χ0n) is 13.0. The monoisotopic (exact) mass is 361 g/mol. The highest BCUT2D eigenvalue weighted by Crippen LogP contribution is 2.33. The molecule has 4 nitrogen and oxygen atoms in total. The van der Waals surface area contributed by atoms with Crippen molar-refractivity contribution < 1.29 is 13.5 Å². The second-order valence-corrected chi connectivity index (χ2v) is 6.32. The van der Waals surface area contributed by atoms with Crippen LogP contribution in [-0.4, -0.2) is 22.6 Å². The highest BCUT2D eigenvalue weighted by molar-refractivity contribution is 6.31. The van der Waals surface area contributed by atoms with E-state index in [4.69, 9.17) is 16.3 Å². The molecule has 0 bridgehead atoms. The van der Waals surface area contributed by atoms with Gasteiger partial charge in [-0.2, -0.15) is 0 Å². The van der Waals surface area contributed by atoms with E-state index in [0.717, 1.165) is 23.4 Å². The van der Waals surface area contributed by atoms with Crippen LogP contribution >= 0.6 is 11.6 Å². The molecular formula is C18H14ClF2N3O. The van der Waals surface area contributed by atoms with E-state index in [1.165, 1.54) is 12.4 Å². The van der Waals surface area contributed by atoms with Gasteiger partial charge >= 0.3 is 0 Å². The Kier molecular flexibility index (Phi) is 4.23. The maximum atomic E-state index is 13.5. The number of nitrogens with one attached hydrogen (secondary N) is 1. The lowest BCUT2D eigenvalue weighted by atomic mass is 10.0. The van der Waals surface area contributed by atoms with Gasteiger partial charge in [0.1, 0.15) is 18.2 Å². The van der Waals surface area contributed by atoms with Gasteiger partial charge in [0.15, 0.2) is 11.6 Å². The quantitative estimate of drug-likeness (QED) is 0.746. The lowest BCUT2D eigenvalue weighted by Crippen LogP contribution is -2.24. The van der Waals surface area contributed by atoms with Crippen molar-refractivity contribution in [3.63, 3.8) is 0 Å². The van der Waals surface area contributed by atoms with Crippen molar-refractivity contribution in [2.75, 3.05) is 11.9 Å². The molecule has 1 saturated heterocycles. The highest BCUT2D eigenvalue weighted by Gasteiger charge is 2.31. The topological polar surface area (TPSA) is 47.0 Å². The number of nitrogens with zero attached hydrogens (tertiary/aromatic N) is 2. The summed E-state index contributed by atoms with van der Waals surface area (Å²) in [6.45, 7) is 0.524. The maximum absolute atomic E-state index is 13.5. The Bertz CT molecular complexity index is 937. The molecule has 2 aromatic carbocycles. The van der Waals surface area contributed by atoms with E-state index in [1.807, 2.05) is 6.07 Å². The van der Waals surface area contributed by atoms with Gasteiger partial charge in [0.2, 0.25) is 0 Å². The standard InChI is InChI=1S/C18H14ClF2N3O/c19-11-2-3-12-16(8-11)22-9-23-18(12)24-15-5-6-25-17(15)10-1-4-13(20)14(21)7-10/h1-4,7-9,15,17H,5-6H2,(H,22,23,24). The summed E-state index contributed by atoms with van der Waals surface area (Å²) in [5.74, 6) is -1.09. The molecule has 4 rings (SSSR count). The molecule has 1 aliphatic rings. The third-order valence-corrected chi connectivity index (χ3v) is 4.52. The minimum atomic E-state index is -0.881. The lowest BCUT2D eigenvalue weighted by Gasteiger charge is -2.21. The summed E-state index contributed by atoms with van der Waals surface area (Å²) in [7, 11) is 0. The van der Waals surface area contributed by atoms with E-state index in [9.17, 15) is 8.78 Å². The van der Waals surface area contributed by atoms with Crippen molar-refractivity contribution in [3.05, 3.63) is 64.9 Å². The molecule has 0 saturated carbocycles. The van der Waals surface area contributed by atoms with E-state index in [0.29, 0.717) is 23.0 Å². The first-order valence-corrected chi connectivity index (χ1v) is 8.23. The summed E-state index contributed by atoms with van der Waals surface area (Å²) in [6.07, 6.45) is 1.80. The van der Waals surface area contributed by atoms with Crippen LogP contribution in [0.25, 0.3) is 10.9 Å². The fourth-order valence-electron chi connectivity index (χ4n) is 3.08. The van der Waals surface area contributed by atoms with Crippen LogP contribution in [0.2, 0.25) is 5.02 Å². The minimum absolute atomic E-state index is 0.112. The van der Waals surface area contributed by atoms with Gasteiger partial charge in [0, 0.05) is 17.0 Å². The number of rotatable bonds is 3. The van der Waals surface area contributed by atoms with E-state index < -0.39 is 11.6 Å². The summed E-state index contributed by atoms with van der Waals surface area (Å²) in [6, 6.07) is 9.11. The van der Waals surface area contributed by atoms with Gasteiger partial charge in [0.05, 0.1) is 11.6 Å². The average molecular weight is 362 g/mol. The van der Waals surface area contributed by atoms with Gasteiger partial charge in [-0.1, -0.05) is 17.7 Å². The zero-order chi connectivity index (χ0) is 17.4. The molecule has 1 aliphatic heterocycles. The Balaban J connectivity index is 1.64. The van der Waals surface area contributed by atoms with E-state index in [1.54, 1.807) is 18.2 Å². The first-order chi connectivity index (χ1) is 12.1. The molecule has 7 heteroatoms. The van der Waals surface area contributed by atoms with Crippen LogP contribution < -0.4 is 5.32 Å². The highest BCUT2D eigenvalue weighted by atomic mass is 35.5. The Morgan fingerprint density at radius 2 is 1.96 bits per heavy atom. The lowest BCUT2D eigenvalue weighted by molar-refractivity contribution is 0.107. The van der Waals surface area contributed by atoms with E-state index in [2.05, 4.69) is 15.3 Å². The van der Waals surface area contributed by atoms with Gasteiger partial charge in [0.25, 0.3) is 0 Å². The number of fused-ring (bicyclic) bond motifs is 1. The number of halogens is 3. The van der Waals surface area contributed by atoms with Crippen LogP contribution in [0.1, 0.15) is 18.1 Å². The fraction of sp³-hybridized carbons (Fsp3) is 0.222. The predicted molar refractivity (Wildman–Crippen MR) is 91.6 cm³/mol. The zero-order valence-corrected chi connectivity index (χ0v) is 13.8. The molecular weight excluding hydrogens is 348 g/mol. The third-order valence-electron chi connectivity index (χ3n) is 4.28. The SMILES string of the molecule is Fc1ccc(C2OCCC2Nc2ncnc3cc(Cl)ccc23)cc1F. The van der Waals surface area contributed by atoms with Crippen LogP contribution in [0.5, 0.6) is 0 Å². The molecule has 128 valence electrons. The van der Waals surface area contributed by atoms with Crippen molar-refractivity contribution in [1.82, 2.24) is 9.97 Å². The average Bonchev–Trinajstić information content (AvgIpc) is 3.05. The van der Waals surface area contributed by atoms with Gasteiger partial charge in [-0.15, -0.1) is 0 Å². The van der Waals surface area contributed by atoms with Gasteiger partial charge < -0.3 is 10.1 Å². The van der Waals surface area contributed by atoms with Gasteiger partial charge in [-0.25, -0.2) is 18.7 Å². The molecule has 3 aromatic rings. The summed E-state index contributed by atoms with van der Waals surface area (Å²) >= 11 is 6.01. The second-order valence-electron chi connectivity index (χ2n) is 5.89. The second kappa shape index (κ2) is 6.54. The number of aromatic nitrogens is 2. The first-order valence-electron chi connectivity index (χ1n) is 7.85. The van der Waals surface area contributed by atoms with Crippen molar-refractivity contribution in [3.8, 4) is 0 Å². The van der Waals surface area contributed by atoms with Crippen molar-refractivity contribution in [2.24, 2.45) is 0 Å². The Morgan fingerprint density at radius 1 is 1.08 bits per heavy atom. The normalized spacial score (nSPS) is 20.1. The molecule has 0 spiro atoms. The molecule has 1 fully saturated rings. The first kappa shape index (κ1) is 16.2. The van der Waals surface area contributed by atoms with Crippen LogP contribution in [0.3, 0.4) is 0 Å². The smallest absolute Gasteiger partial charge is 0.159 e. The van der Waals surface area contributed by atoms with Crippen LogP contribution in [0.15, 0.2) is 42.7 Å². The maximum Gasteiger partial charge on any atom is 0.159 e. The van der Waals surface area contributed by atoms with E-state index >= 15 is 0 Å². The Labute approximate surface area is 147 Å². The molecule has 0 aliphatic carbocycles. The summed E-state index contributed by atoms with van der Waals surface area (Å²) in [5, 5.41) is 4.78. The molecule has 1 N–H and O–H groups in total. The Morgan fingerprint density at radius 3 is 2.80 bits per heavy atom. The van der Waals surface area contributed by atoms with E-state index in [-0.39, 0.29) is 12.1 Å². The molecule has 2 unspecified atom stereocenters. The van der Waals surface area contributed by atoms with Crippen LogP contribution in [0, 0.1) is 11.6 Å². The minimum Gasteiger partial charge on any atom is -0.371 e. The predicted octanol–water partition coefficient (Wildman–Crippen LogP) is 4.50. The summed E-state index contributed by atoms with van der Waals surface area (Å²) in [5.41, 5.74) is 1.32. The molecule has 0 radical (unpaired) electrons. The molecule has 0 amide bonds. The van der Waals surface area contributed by atoms with Gasteiger partial charge in [-0.3, -0.25) is 0 Å². The summed E-state index contributed by atoms with van der Waals surface area (Å²) < 4.78 is 32.5. The number of ether oxygens (including phenoxy) is 1. The number of anilines is 1. The molecule has 2 heterocycles. The van der Waals surface area contributed by atoms with Crippen molar-refractivity contribution in [2.45, 2.75) is 18.6 Å². The Hall–Kier alpha value is -2.31. The van der Waals surface area contributed by atoms with Crippen molar-refractivity contribution >= 4 is 28.3 Å². The molecule has 2 atom stereocenters. The molecule has 25 heavy (non-hydrogen) atoms. The van der Waals surface area contributed by atoms with Gasteiger partial charge in [-0.05, 0) is 42.3 Å². The van der Waals surface area contributed by atoms with Crippen LogP contribution in [-0.2, 0) is 4.74 Å². The third kappa shape index (κ3) is 3.15. The number of hydrogen-bond donors (Lipinski definition) is 1.